The maximum absolute atomic E-state index is 6.17. The predicted octanol–water partition coefficient (Wildman–Crippen LogP) is 4.73. The molecule has 4 aromatic rings. The van der Waals surface area contributed by atoms with Gasteiger partial charge < -0.3 is 0 Å². The van der Waals surface area contributed by atoms with Gasteiger partial charge in [-0.1, -0.05) is 52.7 Å². The van der Waals surface area contributed by atoms with Crippen LogP contribution in [0, 0.1) is 0 Å². The second-order valence-corrected chi connectivity index (χ2v) is 6.70. The lowest BCUT2D eigenvalue weighted by Crippen LogP contribution is -1.92. The van der Waals surface area contributed by atoms with Crippen LogP contribution in [0.25, 0.3) is 28.6 Å². The molecule has 8 heteroatoms. The van der Waals surface area contributed by atoms with Crippen LogP contribution in [0.3, 0.4) is 0 Å². The molecule has 0 radical (unpaired) electrons. The first-order valence-corrected chi connectivity index (χ1v) is 8.55. The molecule has 0 amide bonds. The highest BCUT2D eigenvalue weighted by molar-refractivity contribution is 7.17. The lowest BCUT2D eigenvalue weighted by molar-refractivity contribution is 0.951. The zero-order chi connectivity index (χ0) is 16.5. The fraction of sp³-hybridized carbons (Fsp3) is 0. The van der Waals surface area contributed by atoms with Crippen LogP contribution in [-0.4, -0.2) is 24.8 Å². The number of nitrogens with zero attached hydrogens (tertiary/aromatic N) is 5. The standard InChI is InChI=1S/C16H9Cl2N5S/c17-11-6-4-10(12(18)9-11)5-7-14-22-23-15(20-21-16(23)24-14)13-3-1-2-8-19-13/h1-9H/b7-5-. The van der Waals surface area contributed by atoms with Crippen molar-refractivity contribution in [2.24, 2.45) is 0 Å². The van der Waals surface area contributed by atoms with Crippen LogP contribution in [0.2, 0.25) is 10.0 Å². The quantitative estimate of drug-likeness (QED) is 0.521. The third-order valence-corrected chi connectivity index (χ3v) is 4.69. The van der Waals surface area contributed by atoms with Crippen LogP contribution in [0.1, 0.15) is 10.6 Å². The van der Waals surface area contributed by atoms with Crippen molar-refractivity contribution in [1.82, 2.24) is 24.8 Å². The summed E-state index contributed by atoms with van der Waals surface area (Å²) in [7, 11) is 0. The summed E-state index contributed by atoms with van der Waals surface area (Å²) in [6.07, 6.45) is 5.49. The van der Waals surface area contributed by atoms with Crippen molar-refractivity contribution < 1.29 is 0 Å². The molecule has 0 fully saturated rings. The number of aromatic nitrogens is 5. The van der Waals surface area contributed by atoms with E-state index in [4.69, 9.17) is 23.2 Å². The summed E-state index contributed by atoms with van der Waals surface area (Å²) in [5.74, 6) is 0.617. The molecule has 0 unspecified atom stereocenters. The Morgan fingerprint density at radius 1 is 1.04 bits per heavy atom. The smallest absolute Gasteiger partial charge is 0.235 e. The van der Waals surface area contributed by atoms with Crippen molar-refractivity contribution in [3.63, 3.8) is 0 Å². The lowest BCUT2D eigenvalue weighted by Gasteiger charge is -1.97. The van der Waals surface area contributed by atoms with Crippen LogP contribution >= 0.6 is 34.5 Å². The molecule has 4 rings (SSSR count). The highest BCUT2D eigenvalue weighted by atomic mass is 35.5. The van der Waals surface area contributed by atoms with Crippen LogP contribution < -0.4 is 0 Å². The van der Waals surface area contributed by atoms with Gasteiger partial charge in [0.25, 0.3) is 0 Å². The Morgan fingerprint density at radius 2 is 1.96 bits per heavy atom. The molecule has 0 saturated carbocycles. The maximum Gasteiger partial charge on any atom is 0.235 e. The summed E-state index contributed by atoms with van der Waals surface area (Å²) >= 11 is 13.5. The average Bonchev–Trinajstić information content (AvgIpc) is 3.15. The van der Waals surface area contributed by atoms with Gasteiger partial charge in [0.05, 0.1) is 0 Å². The first-order chi connectivity index (χ1) is 11.7. The molecule has 3 aromatic heterocycles. The molecule has 118 valence electrons. The number of fused-ring (bicyclic) bond motifs is 1. The van der Waals surface area contributed by atoms with Gasteiger partial charge in [-0.3, -0.25) is 4.98 Å². The molecule has 0 aliphatic carbocycles. The second-order valence-electron chi connectivity index (χ2n) is 4.87. The van der Waals surface area contributed by atoms with Crippen molar-refractivity contribution >= 4 is 51.7 Å². The van der Waals surface area contributed by atoms with Gasteiger partial charge in [-0.15, -0.1) is 10.2 Å². The first kappa shape index (κ1) is 15.3. The molecule has 1 aromatic carbocycles. The molecule has 24 heavy (non-hydrogen) atoms. The van der Waals surface area contributed by atoms with E-state index in [0.29, 0.717) is 20.8 Å². The minimum atomic E-state index is 0.593. The Labute approximate surface area is 151 Å². The molecule has 0 saturated heterocycles. The van der Waals surface area contributed by atoms with Crippen molar-refractivity contribution in [1.29, 1.82) is 0 Å². The molecule has 0 spiro atoms. The largest absolute Gasteiger partial charge is 0.253 e. The van der Waals surface area contributed by atoms with Gasteiger partial charge in [-0.2, -0.15) is 9.61 Å². The van der Waals surface area contributed by atoms with Crippen LogP contribution in [0.4, 0.5) is 0 Å². The number of benzene rings is 1. The predicted molar refractivity (Wildman–Crippen MR) is 97.3 cm³/mol. The highest BCUT2D eigenvalue weighted by Crippen LogP contribution is 2.24. The van der Waals surface area contributed by atoms with E-state index in [1.165, 1.54) is 11.3 Å². The van der Waals surface area contributed by atoms with Crippen LogP contribution in [0.5, 0.6) is 0 Å². The summed E-state index contributed by atoms with van der Waals surface area (Å²) in [5, 5.41) is 14.8. The molecule has 5 nitrogen and oxygen atoms in total. The molecule has 0 atom stereocenters. The Kier molecular flexibility index (Phi) is 4.02. The Balaban J connectivity index is 1.69. The molecular weight excluding hydrogens is 365 g/mol. The topological polar surface area (TPSA) is 56.0 Å². The van der Waals surface area contributed by atoms with Crippen molar-refractivity contribution in [3.8, 4) is 11.5 Å². The van der Waals surface area contributed by atoms with Gasteiger partial charge in [0.15, 0.2) is 0 Å². The Morgan fingerprint density at radius 3 is 2.75 bits per heavy atom. The molecule has 3 heterocycles. The van der Waals surface area contributed by atoms with Crippen LogP contribution in [-0.2, 0) is 0 Å². The van der Waals surface area contributed by atoms with E-state index < -0.39 is 0 Å². The lowest BCUT2D eigenvalue weighted by atomic mass is 10.2. The minimum Gasteiger partial charge on any atom is -0.253 e. The normalized spacial score (nSPS) is 11.6. The van der Waals surface area contributed by atoms with Gasteiger partial charge in [-0.05, 0) is 35.9 Å². The highest BCUT2D eigenvalue weighted by Gasteiger charge is 2.12. The number of pyridine rings is 1. The summed E-state index contributed by atoms with van der Waals surface area (Å²) in [6, 6.07) is 11.0. The summed E-state index contributed by atoms with van der Waals surface area (Å²) < 4.78 is 1.69. The van der Waals surface area contributed by atoms with Gasteiger partial charge >= 0.3 is 0 Å². The van der Waals surface area contributed by atoms with Crippen molar-refractivity contribution in [2.45, 2.75) is 0 Å². The van der Waals surface area contributed by atoms with Crippen molar-refractivity contribution in [3.05, 3.63) is 63.2 Å². The number of hydrogen-bond acceptors (Lipinski definition) is 5. The van der Waals surface area contributed by atoms with Gasteiger partial charge in [-0.25, -0.2) is 0 Å². The SMILES string of the molecule is Clc1ccc(/C=C\c2nn3c(-c4ccccn4)nnc3s2)c(Cl)c1. The molecule has 0 aliphatic rings. The average molecular weight is 374 g/mol. The summed E-state index contributed by atoms with van der Waals surface area (Å²) in [5.41, 5.74) is 1.60. The Hall–Kier alpha value is -2.28. The summed E-state index contributed by atoms with van der Waals surface area (Å²) in [4.78, 5) is 4.99. The Bertz CT molecular complexity index is 1040. The third kappa shape index (κ3) is 2.91. The number of hydrogen-bond donors (Lipinski definition) is 0. The van der Waals surface area contributed by atoms with Crippen LogP contribution in [0.15, 0.2) is 42.6 Å². The second kappa shape index (κ2) is 6.32. The van der Waals surface area contributed by atoms with E-state index in [2.05, 4.69) is 20.3 Å². The maximum atomic E-state index is 6.17. The third-order valence-electron chi connectivity index (χ3n) is 3.27. The van der Waals surface area contributed by atoms with Crippen molar-refractivity contribution in [2.75, 3.05) is 0 Å². The molecule has 0 aliphatic heterocycles. The fourth-order valence-electron chi connectivity index (χ4n) is 2.15. The molecular formula is C16H9Cl2N5S. The van der Waals surface area contributed by atoms with E-state index >= 15 is 0 Å². The zero-order valence-corrected chi connectivity index (χ0v) is 14.4. The first-order valence-electron chi connectivity index (χ1n) is 6.97. The van der Waals surface area contributed by atoms with E-state index in [0.717, 1.165) is 16.3 Å². The molecule has 0 bridgehead atoms. The molecule has 0 N–H and O–H groups in total. The van der Waals surface area contributed by atoms with E-state index in [-0.39, 0.29) is 0 Å². The van der Waals surface area contributed by atoms with Gasteiger partial charge in [0.2, 0.25) is 10.8 Å². The van der Waals surface area contributed by atoms with Gasteiger partial charge in [0.1, 0.15) is 10.7 Å². The summed E-state index contributed by atoms with van der Waals surface area (Å²) in [6.45, 7) is 0. The monoisotopic (exact) mass is 373 g/mol. The fourth-order valence-corrected chi connectivity index (χ4v) is 3.36. The zero-order valence-electron chi connectivity index (χ0n) is 12.1. The van der Waals surface area contributed by atoms with Gasteiger partial charge in [0, 0.05) is 16.2 Å². The number of halogens is 2. The van der Waals surface area contributed by atoms with E-state index in [1.807, 2.05) is 36.4 Å². The van der Waals surface area contributed by atoms with E-state index in [9.17, 15) is 0 Å². The minimum absolute atomic E-state index is 0.593. The van der Waals surface area contributed by atoms with E-state index in [1.54, 1.807) is 22.8 Å². The number of rotatable bonds is 3.